The second-order valence-electron chi connectivity index (χ2n) is 7.57. The molecule has 0 aromatic heterocycles. The van der Waals surface area contributed by atoms with E-state index in [9.17, 15) is 0 Å². The summed E-state index contributed by atoms with van der Waals surface area (Å²) in [5, 5.41) is 6.64. The third-order valence-electron chi connectivity index (χ3n) is 5.79. The predicted octanol–water partition coefficient (Wildman–Crippen LogP) is 6.82. The standard InChI is InChI=1S/C24H26IN/c1-17(23-11-5-7-19-6-2-3-10-24(19)23)26-22-9-4-8-20(16-22)18-12-14-21(25)15-13-18/h2-3,5-7,10-15,17,20,22,26H,4,8-9,16H2,1H3/t17-,20+,22?/m1/s1. The van der Waals surface area contributed by atoms with Crippen LogP contribution in [0, 0.1) is 3.57 Å². The molecule has 3 aromatic rings. The van der Waals surface area contributed by atoms with Crippen LogP contribution in [0.1, 0.15) is 55.7 Å². The highest BCUT2D eigenvalue weighted by molar-refractivity contribution is 14.1. The van der Waals surface area contributed by atoms with E-state index >= 15 is 0 Å². The number of hydrogen-bond donors (Lipinski definition) is 1. The van der Waals surface area contributed by atoms with E-state index in [1.807, 2.05) is 0 Å². The fraction of sp³-hybridized carbons (Fsp3) is 0.333. The van der Waals surface area contributed by atoms with Crippen LogP contribution < -0.4 is 5.32 Å². The highest BCUT2D eigenvalue weighted by atomic mass is 127. The average molecular weight is 455 g/mol. The minimum Gasteiger partial charge on any atom is -0.307 e. The van der Waals surface area contributed by atoms with Crippen LogP contribution in [0.3, 0.4) is 0 Å². The smallest absolute Gasteiger partial charge is 0.0300 e. The van der Waals surface area contributed by atoms with Gasteiger partial charge in [-0.15, -0.1) is 0 Å². The van der Waals surface area contributed by atoms with Gasteiger partial charge in [-0.05, 0) is 88.7 Å². The molecule has 0 saturated heterocycles. The highest BCUT2D eigenvalue weighted by Crippen LogP contribution is 2.34. The van der Waals surface area contributed by atoms with Crippen molar-refractivity contribution in [1.29, 1.82) is 0 Å². The lowest BCUT2D eigenvalue weighted by atomic mass is 9.81. The van der Waals surface area contributed by atoms with Crippen molar-refractivity contribution < 1.29 is 0 Å². The van der Waals surface area contributed by atoms with Gasteiger partial charge in [0.2, 0.25) is 0 Å². The molecule has 0 radical (unpaired) electrons. The Morgan fingerprint density at radius 3 is 2.54 bits per heavy atom. The van der Waals surface area contributed by atoms with Crippen LogP contribution in [-0.2, 0) is 0 Å². The van der Waals surface area contributed by atoms with Crippen LogP contribution in [0.5, 0.6) is 0 Å². The molecule has 0 spiro atoms. The number of halogens is 1. The topological polar surface area (TPSA) is 12.0 Å². The molecular weight excluding hydrogens is 429 g/mol. The lowest BCUT2D eigenvalue weighted by Crippen LogP contribution is -2.35. The molecule has 3 aromatic carbocycles. The number of benzene rings is 3. The van der Waals surface area contributed by atoms with Crippen LogP contribution >= 0.6 is 22.6 Å². The quantitative estimate of drug-likeness (QED) is 0.426. The van der Waals surface area contributed by atoms with E-state index in [1.54, 1.807) is 0 Å². The first-order valence-corrected chi connectivity index (χ1v) is 10.8. The van der Waals surface area contributed by atoms with Gasteiger partial charge in [-0.2, -0.15) is 0 Å². The van der Waals surface area contributed by atoms with Gasteiger partial charge >= 0.3 is 0 Å². The zero-order valence-electron chi connectivity index (χ0n) is 15.3. The van der Waals surface area contributed by atoms with E-state index in [1.165, 1.54) is 51.2 Å². The largest absolute Gasteiger partial charge is 0.307 e. The van der Waals surface area contributed by atoms with E-state index in [4.69, 9.17) is 0 Å². The summed E-state index contributed by atoms with van der Waals surface area (Å²) in [5.74, 6) is 0.693. The Morgan fingerprint density at radius 1 is 0.923 bits per heavy atom. The summed E-state index contributed by atoms with van der Waals surface area (Å²) >= 11 is 2.39. The van der Waals surface area contributed by atoms with Crippen molar-refractivity contribution in [2.75, 3.05) is 0 Å². The Hall–Kier alpha value is -1.39. The van der Waals surface area contributed by atoms with Crippen LogP contribution in [0.4, 0.5) is 0 Å². The first-order valence-electron chi connectivity index (χ1n) is 9.70. The summed E-state index contributed by atoms with van der Waals surface area (Å²) < 4.78 is 1.32. The zero-order valence-corrected chi connectivity index (χ0v) is 17.4. The number of fused-ring (bicyclic) bond motifs is 1. The number of rotatable bonds is 4. The molecule has 134 valence electrons. The SMILES string of the molecule is C[C@@H](NC1CCC[C@H](c2ccc(I)cc2)C1)c1cccc2ccccc12. The third kappa shape index (κ3) is 3.96. The van der Waals surface area contributed by atoms with Gasteiger partial charge in [0.1, 0.15) is 0 Å². The minimum absolute atomic E-state index is 0.376. The van der Waals surface area contributed by atoms with Crippen LogP contribution in [0.25, 0.3) is 10.8 Å². The Morgan fingerprint density at radius 2 is 1.69 bits per heavy atom. The van der Waals surface area contributed by atoms with Gasteiger partial charge in [0, 0.05) is 15.7 Å². The minimum atomic E-state index is 0.376. The van der Waals surface area contributed by atoms with Gasteiger partial charge in [0.25, 0.3) is 0 Å². The van der Waals surface area contributed by atoms with E-state index in [-0.39, 0.29) is 0 Å². The van der Waals surface area contributed by atoms with Crippen molar-refractivity contribution in [3.05, 3.63) is 81.4 Å². The van der Waals surface area contributed by atoms with Gasteiger partial charge in [0.15, 0.2) is 0 Å². The molecule has 0 amide bonds. The maximum atomic E-state index is 3.94. The second kappa shape index (κ2) is 8.10. The van der Waals surface area contributed by atoms with Gasteiger partial charge in [-0.3, -0.25) is 0 Å². The normalized spacial score (nSPS) is 21.6. The monoisotopic (exact) mass is 455 g/mol. The Bertz CT molecular complexity index is 866. The maximum Gasteiger partial charge on any atom is 0.0300 e. The van der Waals surface area contributed by atoms with Crippen molar-refractivity contribution in [2.24, 2.45) is 0 Å². The molecule has 0 bridgehead atoms. The van der Waals surface area contributed by atoms with E-state index < -0.39 is 0 Å². The summed E-state index contributed by atoms with van der Waals surface area (Å²) in [5.41, 5.74) is 2.93. The van der Waals surface area contributed by atoms with Gasteiger partial charge in [-0.1, -0.05) is 61.0 Å². The second-order valence-corrected chi connectivity index (χ2v) is 8.81. The molecule has 1 aliphatic carbocycles. The fourth-order valence-corrected chi connectivity index (χ4v) is 4.81. The van der Waals surface area contributed by atoms with E-state index in [0.717, 1.165) is 0 Å². The van der Waals surface area contributed by atoms with E-state index in [2.05, 4.69) is 102 Å². The Kier molecular flexibility index (Phi) is 5.60. The van der Waals surface area contributed by atoms with Crippen molar-refractivity contribution >= 4 is 33.4 Å². The van der Waals surface area contributed by atoms with Gasteiger partial charge in [-0.25, -0.2) is 0 Å². The van der Waals surface area contributed by atoms with Gasteiger partial charge < -0.3 is 5.32 Å². The molecule has 1 fully saturated rings. The first-order chi connectivity index (χ1) is 12.7. The summed E-state index contributed by atoms with van der Waals surface area (Å²) in [6, 6.07) is 25.5. The average Bonchev–Trinajstić information content (AvgIpc) is 2.68. The first kappa shape index (κ1) is 18.0. The van der Waals surface area contributed by atoms with Crippen molar-refractivity contribution in [2.45, 2.75) is 50.6 Å². The Balaban J connectivity index is 1.48. The predicted molar refractivity (Wildman–Crippen MR) is 120 cm³/mol. The molecule has 1 unspecified atom stereocenters. The lowest BCUT2D eigenvalue weighted by molar-refractivity contribution is 0.319. The fourth-order valence-electron chi connectivity index (χ4n) is 4.45. The summed E-state index contributed by atoms with van der Waals surface area (Å²) in [6.07, 6.45) is 5.17. The lowest BCUT2D eigenvalue weighted by Gasteiger charge is -2.32. The molecule has 4 rings (SSSR count). The van der Waals surface area contributed by atoms with E-state index in [0.29, 0.717) is 18.0 Å². The molecule has 3 atom stereocenters. The van der Waals surface area contributed by atoms with Gasteiger partial charge in [0.05, 0.1) is 0 Å². The summed E-state index contributed by atoms with van der Waals surface area (Å²) in [7, 11) is 0. The molecule has 1 saturated carbocycles. The van der Waals surface area contributed by atoms with Crippen molar-refractivity contribution in [1.82, 2.24) is 5.32 Å². The third-order valence-corrected chi connectivity index (χ3v) is 6.51. The maximum absolute atomic E-state index is 3.94. The zero-order chi connectivity index (χ0) is 17.9. The molecule has 1 nitrogen and oxygen atoms in total. The molecule has 1 N–H and O–H groups in total. The molecular formula is C24H26IN. The Labute approximate surface area is 170 Å². The summed E-state index contributed by atoms with van der Waals surface area (Å²) in [4.78, 5) is 0. The molecule has 0 aliphatic heterocycles. The van der Waals surface area contributed by atoms with Crippen molar-refractivity contribution in [3.8, 4) is 0 Å². The number of hydrogen-bond acceptors (Lipinski definition) is 1. The summed E-state index contributed by atoms with van der Waals surface area (Å²) in [6.45, 7) is 2.32. The van der Waals surface area contributed by atoms with Crippen LogP contribution in [0.2, 0.25) is 0 Å². The molecule has 0 heterocycles. The highest BCUT2D eigenvalue weighted by Gasteiger charge is 2.24. The molecule has 1 aliphatic rings. The van der Waals surface area contributed by atoms with Crippen LogP contribution in [-0.4, -0.2) is 6.04 Å². The molecule has 26 heavy (non-hydrogen) atoms. The van der Waals surface area contributed by atoms with Crippen molar-refractivity contribution in [3.63, 3.8) is 0 Å². The van der Waals surface area contributed by atoms with Crippen LogP contribution in [0.15, 0.2) is 66.7 Å². The molecule has 2 heteroatoms. The number of nitrogens with one attached hydrogen (secondary N) is 1.